The van der Waals surface area contributed by atoms with Gasteiger partial charge in [-0.05, 0) is 24.6 Å². The molecule has 4 heteroatoms. The average molecular weight is 189 g/mol. The van der Waals surface area contributed by atoms with Crippen LogP contribution in [0.4, 0.5) is 5.13 Å². The highest BCUT2D eigenvalue weighted by atomic mass is 32.1. The van der Waals surface area contributed by atoms with Crippen LogP contribution < -0.4 is 5.73 Å². The highest BCUT2D eigenvalue weighted by Gasteiger charge is 2.04. The van der Waals surface area contributed by atoms with Crippen LogP contribution in [0.3, 0.4) is 0 Å². The number of nitrogens with zero attached hydrogens (tertiary/aromatic N) is 2. The van der Waals surface area contributed by atoms with Crippen molar-refractivity contribution in [1.29, 1.82) is 5.26 Å². The smallest absolute Gasteiger partial charge is 0.181 e. The first kappa shape index (κ1) is 8.02. The second kappa shape index (κ2) is 2.71. The Kier molecular flexibility index (Phi) is 1.67. The zero-order valence-corrected chi connectivity index (χ0v) is 7.85. The molecule has 0 unspecified atom stereocenters. The molecule has 0 spiro atoms. The number of nitrogens with two attached hydrogens (primary N) is 1. The fraction of sp³-hybridized carbons (Fsp3) is 0.111. The molecule has 2 aromatic rings. The molecule has 64 valence electrons. The Morgan fingerprint density at radius 1 is 1.54 bits per heavy atom. The van der Waals surface area contributed by atoms with Gasteiger partial charge in [0.05, 0.1) is 21.8 Å². The molecule has 0 saturated carbocycles. The summed E-state index contributed by atoms with van der Waals surface area (Å²) in [6, 6.07) is 5.86. The van der Waals surface area contributed by atoms with E-state index in [9.17, 15) is 0 Å². The van der Waals surface area contributed by atoms with Gasteiger partial charge in [0.15, 0.2) is 5.13 Å². The van der Waals surface area contributed by atoms with E-state index >= 15 is 0 Å². The Balaban J connectivity index is 2.82. The summed E-state index contributed by atoms with van der Waals surface area (Å²) in [4.78, 5) is 4.14. The Labute approximate surface area is 79.4 Å². The van der Waals surface area contributed by atoms with Crippen molar-refractivity contribution in [3.05, 3.63) is 23.3 Å². The van der Waals surface area contributed by atoms with Gasteiger partial charge in [-0.25, -0.2) is 4.98 Å². The van der Waals surface area contributed by atoms with E-state index in [2.05, 4.69) is 11.1 Å². The van der Waals surface area contributed by atoms with Crippen LogP contribution in [-0.2, 0) is 0 Å². The molecule has 0 radical (unpaired) electrons. The number of anilines is 1. The lowest BCUT2D eigenvalue weighted by Gasteiger charge is -1.94. The van der Waals surface area contributed by atoms with Crippen LogP contribution in [0, 0.1) is 18.3 Å². The van der Waals surface area contributed by atoms with Crippen LogP contribution in [0.5, 0.6) is 0 Å². The van der Waals surface area contributed by atoms with E-state index in [0.29, 0.717) is 10.7 Å². The lowest BCUT2D eigenvalue weighted by molar-refractivity contribution is 1.40. The maximum Gasteiger partial charge on any atom is 0.181 e. The second-order valence-electron chi connectivity index (χ2n) is 2.80. The quantitative estimate of drug-likeness (QED) is 0.690. The summed E-state index contributed by atoms with van der Waals surface area (Å²) in [5, 5.41) is 9.33. The van der Waals surface area contributed by atoms with Gasteiger partial charge >= 0.3 is 0 Å². The number of benzene rings is 1. The number of hydrogen-bond donors (Lipinski definition) is 1. The van der Waals surface area contributed by atoms with Crippen molar-refractivity contribution < 1.29 is 0 Å². The first-order valence-corrected chi connectivity index (χ1v) is 4.59. The van der Waals surface area contributed by atoms with Gasteiger partial charge in [-0.2, -0.15) is 5.26 Å². The summed E-state index contributed by atoms with van der Waals surface area (Å²) < 4.78 is 0.972. The molecule has 0 fully saturated rings. The summed E-state index contributed by atoms with van der Waals surface area (Å²) in [5.41, 5.74) is 8.07. The Bertz CT molecular complexity index is 507. The molecular formula is C9H7N3S. The number of aryl methyl sites for hydroxylation is 1. The normalized spacial score (nSPS) is 10.2. The third-order valence-corrected chi connectivity index (χ3v) is 2.72. The molecule has 1 heterocycles. The third-order valence-electron chi connectivity index (χ3n) is 1.87. The van der Waals surface area contributed by atoms with E-state index in [1.165, 1.54) is 11.3 Å². The molecule has 1 aromatic carbocycles. The average Bonchev–Trinajstić information content (AvgIpc) is 2.42. The monoisotopic (exact) mass is 189 g/mol. The predicted molar refractivity (Wildman–Crippen MR) is 53.5 cm³/mol. The second-order valence-corrected chi connectivity index (χ2v) is 3.86. The molecule has 3 nitrogen and oxygen atoms in total. The predicted octanol–water partition coefficient (Wildman–Crippen LogP) is 2.06. The highest BCUT2D eigenvalue weighted by Crippen LogP contribution is 2.26. The highest BCUT2D eigenvalue weighted by molar-refractivity contribution is 7.22. The topological polar surface area (TPSA) is 62.7 Å². The summed E-state index contributed by atoms with van der Waals surface area (Å²) in [5.74, 6) is 0. The van der Waals surface area contributed by atoms with Crippen molar-refractivity contribution in [3.8, 4) is 6.07 Å². The summed E-state index contributed by atoms with van der Waals surface area (Å²) in [6.45, 7) is 1.90. The molecule has 13 heavy (non-hydrogen) atoms. The number of nitrogen functional groups attached to an aromatic ring is 1. The van der Waals surface area contributed by atoms with Gasteiger partial charge in [0.25, 0.3) is 0 Å². The van der Waals surface area contributed by atoms with Crippen molar-refractivity contribution in [3.63, 3.8) is 0 Å². The lowest BCUT2D eigenvalue weighted by Crippen LogP contribution is -1.82. The number of fused-ring (bicyclic) bond motifs is 1. The van der Waals surface area contributed by atoms with Gasteiger partial charge < -0.3 is 5.73 Å². The molecule has 0 bridgehead atoms. The molecule has 0 aliphatic carbocycles. The van der Waals surface area contributed by atoms with E-state index < -0.39 is 0 Å². The number of thiazole rings is 1. The fourth-order valence-electron chi connectivity index (χ4n) is 1.22. The number of hydrogen-bond acceptors (Lipinski definition) is 4. The van der Waals surface area contributed by atoms with Crippen LogP contribution >= 0.6 is 11.3 Å². The molecule has 2 rings (SSSR count). The Morgan fingerprint density at radius 2 is 2.31 bits per heavy atom. The van der Waals surface area contributed by atoms with Crippen molar-refractivity contribution in [2.75, 3.05) is 5.73 Å². The molecule has 0 amide bonds. The van der Waals surface area contributed by atoms with Gasteiger partial charge in [-0.1, -0.05) is 11.3 Å². The van der Waals surface area contributed by atoms with Gasteiger partial charge in [0.2, 0.25) is 0 Å². The first-order valence-electron chi connectivity index (χ1n) is 3.77. The Morgan fingerprint density at radius 3 is 3.00 bits per heavy atom. The van der Waals surface area contributed by atoms with E-state index in [-0.39, 0.29) is 0 Å². The third kappa shape index (κ3) is 1.23. The molecule has 1 aromatic heterocycles. The van der Waals surface area contributed by atoms with E-state index in [4.69, 9.17) is 11.0 Å². The molecule has 2 N–H and O–H groups in total. The molecular weight excluding hydrogens is 182 g/mol. The molecule has 0 aliphatic heterocycles. The minimum atomic E-state index is 0.546. The number of rotatable bonds is 0. The molecule has 0 aliphatic rings. The van der Waals surface area contributed by atoms with Crippen molar-refractivity contribution in [1.82, 2.24) is 4.98 Å². The van der Waals surface area contributed by atoms with E-state index in [1.54, 1.807) is 0 Å². The van der Waals surface area contributed by atoms with Crippen LogP contribution in [0.15, 0.2) is 12.1 Å². The van der Waals surface area contributed by atoms with Gasteiger partial charge in [0.1, 0.15) is 0 Å². The SMILES string of the molecule is Cc1cc2nc(N)sc2cc1C#N. The van der Waals surface area contributed by atoms with Gasteiger partial charge in [0, 0.05) is 0 Å². The minimum Gasteiger partial charge on any atom is -0.375 e. The lowest BCUT2D eigenvalue weighted by atomic mass is 10.1. The first-order chi connectivity index (χ1) is 6.20. The standard InChI is InChI=1S/C9H7N3S/c1-5-2-7-8(3-6(5)4-10)13-9(11)12-7/h2-3H,1H3,(H2,11,12). The van der Waals surface area contributed by atoms with Crippen LogP contribution in [0.1, 0.15) is 11.1 Å². The zero-order chi connectivity index (χ0) is 9.42. The largest absolute Gasteiger partial charge is 0.375 e. The van der Waals surface area contributed by atoms with Gasteiger partial charge in [-0.15, -0.1) is 0 Å². The van der Waals surface area contributed by atoms with E-state index in [1.807, 2.05) is 19.1 Å². The fourth-order valence-corrected chi connectivity index (χ4v) is 1.97. The number of nitriles is 1. The Hall–Kier alpha value is -1.60. The van der Waals surface area contributed by atoms with Crippen molar-refractivity contribution in [2.45, 2.75) is 6.92 Å². The van der Waals surface area contributed by atoms with Gasteiger partial charge in [-0.3, -0.25) is 0 Å². The van der Waals surface area contributed by atoms with Crippen molar-refractivity contribution in [2.24, 2.45) is 0 Å². The summed E-state index contributed by atoms with van der Waals surface area (Å²) in [7, 11) is 0. The van der Waals surface area contributed by atoms with Crippen LogP contribution in [0.2, 0.25) is 0 Å². The summed E-state index contributed by atoms with van der Waals surface area (Å²) >= 11 is 1.41. The minimum absolute atomic E-state index is 0.546. The number of aromatic nitrogens is 1. The molecule has 0 saturated heterocycles. The van der Waals surface area contributed by atoms with Crippen LogP contribution in [-0.4, -0.2) is 4.98 Å². The maximum atomic E-state index is 8.79. The van der Waals surface area contributed by atoms with Crippen LogP contribution in [0.25, 0.3) is 10.2 Å². The van der Waals surface area contributed by atoms with Crippen molar-refractivity contribution >= 4 is 26.7 Å². The zero-order valence-electron chi connectivity index (χ0n) is 7.03. The van der Waals surface area contributed by atoms with E-state index in [0.717, 1.165) is 15.8 Å². The summed E-state index contributed by atoms with van der Waals surface area (Å²) in [6.07, 6.45) is 0. The molecule has 0 atom stereocenters. The maximum absolute atomic E-state index is 8.79.